The molecule has 7 nitrogen and oxygen atoms in total. The lowest BCUT2D eigenvalue weighted by molar-refractivity contribution is 0.349. The van der Waals surface area contributed by atoms with Crippen molar-refractivity contribution in [2.45, 2.75) is 11.4 Å². The smallest absolute Gasteiger partial charge is 0.246 e. The SMILES string of the molecule is COc1cc(F)c(S(=O)(=O)N(C)Cc2ncccn2)cc1OC. The highest BCUT2D eigenvalue weighted by molar-refractivity contribution is 7.89. The fraction of sp³-hybridized carbons (Fsp3) is 0.286. The van der Waals surface area contributed by atoms with Crippen LogP contribution in [0, 0.1) is 5.82 Å². The van der Waals surface area contributed by atoms with Gasteiger partial charge in [-0.25, -0.2) is 22.8 Å². The number of ether oxygens (including phenoxy) is 2. The van der Waals surface area contributed by atoms with Crippen LogP contribution < -0.4 is 9.47 Å². The maximum Gasteiger partial charge on any atom is 0.246 e. The van der Waals surface area contributed by atoms with E-state index >= 15 is 0 Å². The molecule has 0 radical (unpaired) electrons. The Hall–Kier alpha value is -2.26. The predicted molar refractivity (Wildman–Crippen MR) is 80.2 cm³/mol. The van der Waals surface area contributed by atoms with Gasteiger partial charge in [0, 0.05) is 31.6 Å². The average molecular weight is 341 g/mol. The lowest BCUT2D eigenvalue weighted by atomic mass is 10.3. The zero-order valence-corrected chi connectivity index (χ0v) is 13.7. The van der Waals surface area contributed by atoms with Crippen molar-refractivity contribution in [2.24, 2.45) is 0 Å². The Morgan fingerprint density at radius 1 is 1.13 bits per heavy atom. The van der Waals surface area contributed by atoms with Crippen LogP contribution in [0.3, 0.4) is 0 Å². The van der Waals surface area contributed by atoms with Crippen molar-refractivity contribution in [3.8, 4) is 11.5 Å². The molecule has 124 valence electrons. The third kappa shape index (κ3) is 3.57. The Balaban J connectivity index is 2.39. The minimum atomic E-state index is -4.08. The molecule has 0 unspecified atom stereocenters. The maximum atomic E-state index is 14.2. The van der Waals surface area contributed by atoms with Gasteiger partial charge in [-0.05, 0) is 6.07 Å². The van der Waals surface area contributed by atoms with E-state index in [2.05, 4.69) is 9.97 Å². The van der Waals surface area contributed by atoms with Crippen molar-refractivity contribution in [3.63, 3.8) is 0 Å². The largest absolute Gasteiger partial charge is 0.493 e. The molecular formula is C14H16FN3O4S. The molecule has 0 saturated carbocycles. The Bertz CT molecular complexity index is 784. The highest BCUT2D eigenvalue weighted by atomic mass is 32.2. The molecule has 0 fully saturated rings. The van der Waals surface area contributed by atoms with Gasteiger partial charge in [-0.1, -0.05) is 0 Å². The van der Waals surface area contributed by atoms with Gasteiger partial charge in [-0.2, -0.15) is 4.31 Å². The van der Waals surface area contributed by atoms with E-state index in [1.54, 1.807) is 6.07 Å². The molecule has 0 saturated heterocycles. The van der Waals surface area contributed by atoms with Crippen LogP contribution in [0.15, 0.2) is 35.5 Å². The highest BCUT2D eigenvalue weighted by Gasteiger charge is 2.27. The van der Waals surface area contributed by atoms with Gasteiger partial charge in [-0.15, -0.1) is 0 Å². The summed E-state index contributed by atoms with van der Waals surface area (Å²) < 4.78 is 50.2. The number of benzene rings is 1. The van der Waals surface area contributed by atoms with Crippen molar-refractivity contribution in [2.75, 3.05) is 21.3 Å². The van der Waals surface area contributed by atoms with Crippen molar-refractivity contribution < 1.29 is 22.3 Å². The summed E-state index contributed by atoms with van der Waals surface area (Å²) in [6, 6.07) is 3.68. The Kier molecular flexibility index (Phi) is 5.12. The van der Waals surface area contributed by atoms with Gasteiger partial charge < -0.3 is 9.47 Å². The van der Waals surface area contributed by atoms with Crippen LogP contribution in [0.4, 0.5) is 4.39 Å². The lowest BCUT2D eigenvalue weighted by Crippen LogP contribution is -2.28. The molecule has 0 aliphatic rings. The fourth-order valence-electron chi connectivity index (χ4n) is 1.90. The van der Waals surface area contributed by atoms with Gasteiger partial charge in [0.15, 0.2) is 11.5 Å². The number of halogens is 1. The minimum absolute atomic E-state index is 0.0864. The van der Waals surface area contributed by atoms with Crippen molar-refractivity contribution in [3.05, 3.63) is 42.2 Å². The molecular weight excluding hydrogens is 325 g/mol. The molecule has 0 N–H and O–H groups in total. The summed E-state index contributed by atoms with van der Waals surface area (Å²) in [5, 5.41) is 0. The first kappa shape index (κ1) is 17.1. The van der Waals surface area contributed by atoms with E-state index in [4.69, 9.17) is 9.47 Å². The summed E-state index contributed by atoms with van der Waals surface area (Å²) in [5.41, 5.74) is 0. The molecule has 2 rings (SSSR count). The highest BCUT2D eigenvalue weighted by Crippen LogP contribution is 2.33. The second-order valence-corrected chi connectivity index (χ2v) is 6.58. The standard InChI is InChI=1S/C14H16FN3O4S/c1-18(9-14-16-5-4-6-17-14)23(19,20)13-8-12(22-3)11(21-2)7-10(13)15/h4-8H,9H2,1-3H3. The van der Waals surface area contributed by atoms with Crippen LogP contribution in [-0.2, 0) is 16.6 Å². The van der Waals surface area contributed by atoms with Crippen LogP contribution in [0.5, 0.6) is 11.5 Å². The first-order valence-electron chi connectivity index (χ1n) is 6.54. The number of aromatic nitrogens is 2. The van der Waals surface area contributed by atoms with Crippen LogP contribution in [-0.4, -0.2) is 44.0 Å². The third-order valence-corrected chi connectivity index (χ3v) is 4.93. The average Bonchev–Trinajstić information content (AvgIpc) is 2.55. The predicted octanol–water partition coefficient (Wildman–Crippen LogP) is 1.45. The summed E-state index contributed by atoms with van der Waals surface area (Å²) >= 11 is 0. The topological polar surface area (TPSA) is 81.6 Å². The zero-order chi connectivity index (χ0) is 17.0. The van der Waals surface area contributed by atoms with E-state index in [0.29, 0.717) is 5.82 Å². The maximum absolute atomic E-state index is 14.2. The molecule has 9 heteroatoms. The summed E-state index contributed by atoms with van der Waals surface area (Å²) in [7, 11) is -0.0828. The van der Waals surface area contributed by atoms with Gasteiger partial charge in [0.25, 0.3) is 0 Å². The normalized spacial score (nSPS) is 11.5. The van der Waals surface area contributed by atoms with Crippen LogP contribution >= 0.6 is 0 Å². The summed E-state index contributed by atoms with van der Waals surface area (Å²) in [6.07, 6.45) is 3.00. The van der Waals surface area contributed by atoms with Crippen molar-refractivity contribution in [1.29, 1.82) is 0 Å². The first-order valence-corrected chi connectivity index (χ1v) is 7.98. The zero-order valence-electron chi connectivity index (χ0n) is 12.9. The summed E-state index contributed by atoms with van der Waals surface area (Å²) in [5.74, 6) is -0.391. The molecule has 0 spiro atoms. The van der Waals surface area contributed by atoms with E-state index in [0.717, 1.165) is 16.4 Å². The Morgan fingerprint density at radius 2 is 1.70 bits per heavy atom. The first-order chi connectivity index (χ1) is 10.9. The Morgan fingerprint density at radius 3 is 2.26 bits per heavy atom. The number of nitrogens with zero attached hydrogens (tertiary/aromatic N) is 3. The molecule has 0 atom stereocenters. The molecule has 2 aromatic rings. The molecule has 1 aromatic carbocycles. The van der Waals surface area contributed by atoms with E-state index in [1.165, 1.54) is 33.7 Å². The third-order valence-electron chi connectivity index (χ3n) is 3.11. The lowest BCUT2D eigenvalue weighted by Gasteiger charge is -2.18. The number of methoxy groups -OCH3 is 2. The fourth-order valence-corrected chi connectivity index (χ4v) is 3.08. The molecule has 0 bridgehead atoms. The molecule has 0 aliphatic carbocycles. The summed E-state index contributed by atoms with van der Waals surface area (Å²) in [4.78, 5) is 7.40. The molecule has 1 heterocycles. The van der Waals surface area contributed by atoms with Crippen LogP contribution in [0.25, 0.3) is 0 Å². The number of hydrogen-bond acceptors (Lipinski definition) is 6. The molecule has 0 aliphatic heterocycles. The molecule has 0 amide bonds. The van der Waals surface area contributed by atoms with Crippen molar-refractivity contribution >= 4 is 10.0 Å². The number of hydrogen-bond donors (Lipinski definition) is 0. The second-order valence-electron chi connectivity index (χ2n) is 4.56. The van der Waals surface area contributed by atoms with E-state index in [9.17, 15) is 12.8 Å². The van der Waals surface area contributed by atoms with E-state index in [-0.39, 0.29) is 18.0 Å². The molecule has 1 aromatic heterocycles. The van der Waals surface area contributed by atoms with Crippen LogP contribution in [0.1, 0.15) is 5.82 Å². The number of sulfonamides is 1. The number of rotatable bonds is 6. The Labute approximate surface area is 133 Å². The second kappa shape index (κ2) is 6.88. The van der Waals surface area contributed by atoms with Crippen LogP contribution in [0.2, 0.25) is 0 Å². The van der Waals surface area contributed by atoms with E-state index in [1.807, 2.05) is 0 Å². The molecule has 23 heavy (non-hydrogen) atoms. The summed E-state index contributed by atoms with van der Waals surface area (Å²) in [6.45, 7) is -0.0864. The van der Waals surface area contributed by atoms with Gasteiger partial charge in [-0.3, -0.25) is 0 Å². The minimum Gasteiger partial charge on any atom is -0.493 e. The van der Waals surface area contributed by atoms with Gasteiger partial charge in [0.05, 0.1) is 20.8 Å². The van der Waals surface area contributed by atoms with Gasteiger partial charge >= 0.3 is 0 Å². The van der Waals surface area contributed by atoms with Gasteiger partial charge in [0.2, 0.25) is 10.0 Å². The van der Waals surface area contributed by atoms with Crippen molar-refractivity contribution in [1.82, 2.24) is 14.3 Å². The van der Waals surface area contributed by atoms with Gasteiger partial charge in [0.1, 0.15) is 16.5 Å². The monoisotopic (exact) mass is 341 g/mol. The quantitative estimate of drug-likeness (QED) is 0.791. The van der Waals surface area contributed by atoms with E-state index < -0.39 is 20.7 Å².